The van der Waals surface area contributed by atoms with E-state index >= 15 is 0 Å². The Morgan fingerprint density at radius 2 is 1.50 bits per heavy atom. The fourth-order valence-electron chi connectivity index (χ4n) is 3.83. The van der Waals surface area contributed by atoms with Crippen molar-refractivity contribution in [3.63, 3.8) is 0 Å². The van der Waals surface area contributed by atoms with Gasteiger partial charge in [0.1, 0.15) is 18.5 Å². The van der Waals surface area contributed by atoms with Crippen LogP contribution in [0.4, 0.5) is 0 Å². The number of nitrogens with zero attached hydrogens (tertiary/aromatic N) is 1. The van der Waals surface area contributed by atoms with Crippen LogP contribution < -0.4 is 4.74 Å². The molecule has 3 aromatic rings. The van der Waals surface area contributed by atoms with E-state index in [4.69, 9.17) is 9.47 Å². The van der Waals surface area contributed by atoms with Crippen LogP contribution in [0.2, 0.25) is 0 Å². The zero-order chi connectivity index (χ0) is 24.3. The molecule has 0 amide bonds. The van der Waals surface area contributed by atoms with E-state index in [1.54, 1.807) is 12.1 Å². The molecule has 180 valence electrons. The Kier molecular flexibility index (Phi) is 9.64. The molecular formula is C28H33NO5. The van der Waals surface area contributed by atoms with Crippen molar-refractivity contribution in [2.45, 2.75) is 31.6 Å². The maximum absolute atomic E-state index is 11.7. The zero-order valence-corrected chi connectivity index (χ0v) is 19.7. The minimum absolute atomic E-state index is 0.0220. The van der Waals surface area contributed by atoms with Crippen LogP contribution in [0.5, 0.6) is 5.75 Å². The van der Waals surface area contributed by atoms with E-state index in [2.05, 4.69) is 11.8 Å². The standard InChI is InChI=1S/C28H33NO5/c1-21(17-22-13-15-24(16-14-22)28(32)33-2)29(19-27(31)23-9-5-3-6-10-23)18-25(30)20-34-26-11-7-4-8-12-26/h3-16,21,25,27,30-31H,17-20H2,1-2H3/t21-,25?,27+/m1/s1. The molecule has 3 aromatic carbocycles. The number of aliphatic hydroxyl groups is 2. The Morgan fingerprint density at radius 1 is 0.882 bits per heavy atom. The fraction of sp³-hybridized carbons (Fsp3) is 0.321. The van der Waals surface area contributed by atoms with Crippen LogP contribution in [-0.4, -0.2) is 60.0 Å². The number of carbonyl (C=O) groups excluding carboxylic acids is 1. The van der Waals surface area contributed by atoms with E-state index in [9.17, 15) is 15.0 Å². The first-order chi connectivity index (χ1) is 16.5. The predicted molar refractivity (Wildman–Crippen MR) is 132 cm³/mol. The number of carbonyl (C=O) groups is 1. The number of aliphatic hydroxyl groups excluding tert-OH is 2. The second-order valence-corrected chi connectivity index (χ2v) is 8.40. The third-order valence-corrected chi connectivity index (χ3v) is 5.75. The summed E-state index contributed by atoms with van der Waals surface area (Å²) in [5.74, 6) is 0.338. The summed E-state index contributed by atoms with van der Waals surface area (Å²) >= 11 is 0. The Balaban J connectivity index is 1.67. The van der Waals surface area contributed by atoms with Gasteiger partial charge in [0.05, 0.1) is 18.8 Å². The van der Waals surface area contributed by atoms with Gasteiger partial charge in [0.25, 0.3) is 0 Å². The van der Waals surface area contributed by atoms with Gasteiger partial charge in [-0.05, 0) is 48.7 Å². The molecule has 0 aromatic heterocycles. The summed E-state index contributed by atoms with van der Waals surface area (Å²) in [6.45, 7) is 2.94. The molecule has 6 heteroatoms. The molecule has 3 rings (SSSR count). The normalized spacial score (nSPS) is 13.8. The van der Waals surface area contributed by atoms with Crippen molar-refractivity contribution in [1.29, 1.82) is 0 Å². The summed E-state index contributed by atoms with van der Waals surface area (Å²) in [6.07, 6.45) is -0.727. The van der Waals surface area contributed by atoms with Crippen molar-refractivity contribution in [2.75, 3.05) is 26.8 Å². The van der Waals surface area contributed by atoms with E-state index < -0.39 is 12.2 Å². The SMILES string of the molecule is COC(=O)c1ccc(C[C@@H](C)N(CC(O)COc2ccccc2)C[C@H](O)c2ccccc2)cc1. The number of rotatable bonds is 12. The van der Waals surface area contributed by atoms with E-state index in [0.29, 0.717) is 30.8 Å². The molecule has 0 spiro atoms. The van der Waals surface area contributed by atoms with Crippen molar-refractivity contribution in [3.05, 3.63) is 102 Å². The first-order valence-electron chi connectivity index (χ1n) is 11.5. The van der Waals surface area contributed by atoms with Crippen LogP contribution in [0.1, 0.15) is 34.5 Å². The Bertz CT molecular complexity index is 994. The Labute approximate surface area is 201 Å². The maximum Gasteiger partial charge on any atom is 0.337 e. The quantitative estimate of drug-likeness (QED) is 0.397. The third kappa shape index (κ3) is 7.70. The smallest absolute Gasteiger partial charge is 0.337 e. The van der Waals surface area contributed by atoms with E-state index in [1.165, 1.54) is 7.11 Å². The summed E-state index contributed by atoms with van der Waals surface area (Å²) in [4.78, 5) is 13.8. The fourth-order valence-corrected chi connectivity index (χ4v) is 3.83. The molecule has 0 fully saturated rings. The second kappa shape index (κ2) is 12.9. The largest absolute Gasteiger partial charge is 0.491 e. The number of para-hydroxylation sites is 1. The van der Waals surface area contributed by atoms with Gasteiger partial charge in [0.2, 0.25) is 0 Å². The average molecular weight is 464 g/mol. The van der Waals surface area contributed by atoms with Gasteiger partial charge in [-0.25, -0.2) is 4.79 Å². The highest BCUT2D eigenvalue weighted by atomic mass is 16.5. The van der Waals surface area contributed by atoms with Crippen molar-refractivity contribution >= 4 is 5.97 Å². The first kappa shape index (κ1) is 25.4. The van der Waals surface area contributed by atoms with Gasteiger partial charge in [-0.3, -0.25) is 4.90 Å². The highest BCUT2D eigenvalue weighted by molar-refractivity contribution is 5.89. The second-order valence-electron chi connectivity index (χ2n) is 8.40. The van der Waals surface area contributed by atoms with Crippen LogP contribution in [0, 0.1) is 0 Å². The van der Waals surface area contributed by atoms with E-state index in [0.717, 1.165) is 11.1 Å². The molecule has 0 bridgehead atoms. The Morgan fingerprint density at radius 3 is 2.12 bits per heavy atom. The molecule has 34 heavy (non-hydrogen) atoms. The number of hydrogen-bond donors (Lipinski definition) is 2. The Hall–Kier alpha value is -3.19. The highest BCUT2D eigenvalue weighted by Crippen LogP contribution is 2.18. The van der Waals surface area contributed by atoms with Crippen molar-refractivity contribution < 1.29 is 24.5 Å². The van der Waals surface area contributed by atoms with Crippen LogP contribution in [0.25, 0.3) is 0 Å². The molecule has 0 saturated heterocycles. The predicted octanol–water partition coefficient (Wildman–Crippen LogP) is 3.88. The van der Waals surface area contributed by atoms with E-state index in [1.807, 2.05) is 72.8 Å². The average Bonchev–Trinajstić information content (AvgIpc) is 2.88. The summed E-state index contributed by atoms with van der Waals surface area (Å²) in [5.41, 5.74) is 2.38. The molecule has 2 N–H and O–H groups in total. The summed E-state index contributed by atoms with van der Waals surface area (Å²) in [7, 11) is 1.36. The summed E-state index contributed by atoms with van der Waals surface area (Å²) < 4.78 is 10.5. The zero-order valence-electron chi connectivity index (χ0n) is 19.7. The molecule has 0 radical (unpaired) electrons. The molecule has 0 aliphatic carbocycles. The van der Waals surface area contributed by atoms with E-state index in [-0.39, 0.29) is 18.6 Å². The number of ether oxygens (including phenoxy) is 2. The van der Waals surface area contributed by atoms with Gasteiger partial charge >= 0.3 is 5.97 Å². The third-order valence-electron chi connectivity index (χ3n) is 5.75. The number of benzene rings is 3. The van der Waals surface area contributed by atoms with Crippen molar-refractivity contribution in [2.24, 2.45) is 0 Å². The number of methoxy groups -OCH3 is 1. The number of esters is 1. The van der Waals surface area contributed by atoms with Gasteiger partial charge in [-0.1, -0.05) is 60.7 Å². The van der Waals surface area contributed by atoms with Crippen LogP contribution in [-0.2, 0) is 11.2 Å². The molecule has 0 heterocycles. The number of hydrogen-bond acceptors (Lipinski definition) is 6. The van der Waals surface area contributed by atoms with Crippen molar-refractivity contribution in [3.8, 4) is 5.75 Å². The molecule has 0 aliphatic heterocycles. The monoisotopic (exact) mass is 463 g/mol. The van der Waals surface area contributed by atoms with Crippen LogP contribution in [0.3, 0.4) is 0 Å². The topological polar surface area (TPSA) is 79.2 Å². The highest BCUT2D eigenvalue weighted by Gasteiger charge is 2.22. The van der Waals surface area contributed by atoms with Gasteiger partial charge in [-0.15, -0.1) is 0 Å². The lowest BCUT2D eigenvalue weighted by molar-refractivity contribution is 0.0291. The summed E-state index contributed by atoms with van der Waals surface area (Å²) in [5, 5.41) is 21.5. The van der Waals surface area contributed by atoms with Gasteiger partial charge < -0.3 is 19.7 Å². The first-order valence-corrected chi connectivity index (χ1v) is 11.5. The molecular weight excluding hydrogens is 430 g/mol. The molecule has 6 nitrogen and oxygen atoms in total. The van der Waals surface area contributed by atoms with Gasteiger partial charge in [0, 0.05) is 19.1 Å². The van der Waals surface area contributed by atoms with Gasteiger partial charge in [-0.2, -0.15) is 0 Å². The lowest BCUT2D eigenvalue weighted by Gasteiger charge is -2.33. The maximum atomic E-state index is 11.7. The van der Waals surface area contributed by atoms with Gasteiger partial charge in [0.15, 0.2) is 0 Å². The minimum Gasteiger partial charge on any atom is -0.491 e. The van der Waals surface area contributed by atoms with Crippen LogP contribution in [0.15, 0.2) is 84.9 Å². The lowest BCUT2D eigenvalue weighted by Crippen LogP contribution is -2.44. The molecule has 3 atom stereocenters. The molecule has 0 saturated carbocycles. The van der Waals surface area contributed by atoms with Crippen molar-refractivity contribution in [1.82, 2.24) is 4.90 Å². The van der Waals surface area contributed by atoms with Crippen LogP contribution >= 0.6 is 0 Å². The minimum atomic E-state index is -0.729. The lowest BCUT2D eigenvalue weighted by atomic mass is 10.0. The summed E-state index contributed by atoms with van der Waals surface area (Å²) in [6, 6.07) is 26.2. The molecule has 1 unspecified atom stereocenters. The molecule has 0 aliphatic rings.